The number of thiophene rings is 1. The van der Waals surface area contributed by atoms with Crippen LogP contribution in [0.4, 0.5) is 8.78 Å². The quantitative estimate of drug-likeness (QED) is 0.724. The van der Waals surface area contributed by atoms with Crippen molar-refractivity contribution >= 4 is 27.3 Å². The van der Waals surface area contributed by atoms with E-state index in [-0.39, 0.29) is 10.0 Å². The second kappa shape index (κ2) is 6.78. The number of hydrogen-bond acceptors (Lipinski definition) is 2. The lowest BCUT2D eigenvalue weighted by Gasteiger charge is -2.20. The van der Waals surface area contributed by atoms with E-state index in [9.17, 15) is 8.78 Å². The van der Waals surface area contributed by atoms with E-state index in [0.717, 1.165) is 16.9 Å². The fourth-order valence-corrected chi connectivity index (χ4v) is 3.46. The summed E-state index contributed by atoms with van der Waals surface area (Å²) in [5.74, 6) is -1.06. The summed E-state index contributed by atoms with van der Waals surface area (Å²) >= 11 is 4.65. The van der Waals surface area contributed by atoms with Crippen LogP contribution in [0.25, 0.3) is 0 Å². The summed E-state index contributed by atoms with van der Waals surface area (Å²) in [5, 5.41) is 5.19. The van der Waals surface area contributed by atoms with Crippen molar-refractivity contribution in [2.75, 3.05) is 6.54 Å². The Hall–Kier alpha value is -0.780. The van der Waals surface area contributed by atoms with Gasteiger partial charge in [0.05, 0.1) is 10.5 Å². The molecule has 5 heteroatoms. The average molecular weight is 360 g/mol. The van der Waals surface area contributed by atoms with Crippen molar-refractivity contribution in [3.8, 4) is 0 Å². The maximum atomic E-state index is 14.3. The van der Waals surface area contributed by atoms with E-state index >= 15 is 0 Å². The summed E-state index contributed by atoms with van der Waals surface area (Å²) in [6, 6.07) is 4.21. The molecule has 1 nitrogen and oxygen atoms in total. The van der Waals surface area contributed by atoms with E-state index in [4.69, 9.17) is 0 Å². The minimum Gasteiger partial charge on any atom is -0.305 e. The second-order valence-corrected chi connectivity index (χ2v) is 6.41. The van der Waals surface area contributed by atoms with E-state index in [1.165, 1.54) is 23.5 Å². The number of nitrogens with one attached hydrogen (secondary N) is 1. The number of rotatable bonds is 5. The van der Waals surface area contributed by atoms with Crippen LogP contribution in [0, 0.1) is 18.6 Å². The topological polar surface area (TPSA) is 12.0 Å². The lowest BCUT2D eigenvalue weighted by Crippen LogP contribution is -2.25. The maximum Gasteiger partial charge on any atom is 0.145 e. The molecule has 0 saturated heterocycles. The standard InChI is InChI=1S/C15H16BrF2NS/c1-3-7-19-14(15-9(2)6-8-20-15)12-11(17)5-4-10(16)13(12)18/h4-6,8,14,19H,3,7H2,1-2H3. The predicted molar refractivity (Wildman–Crippen MR) is 83.3 cm³/mol. The molecule has 0 bridgehead atoms. The minimum absolute atomic E-state index is 0.0818. The predicted octanol–water partition coefficient (Wildman–Crippen LogP) is 5.19. The molecule has 0 amide bonds. The molecule has 1 unspecified atom stereocenters. The molecule has 0 aliphatic rings. The van der Waals surface area contributed by atoms with Gasteiger partial charge in [-0.05, 0) is 65.0 Å². The Morgan fingerprint density at radius 1 is 1.30 bits per heavy atom. The first kappa shape index (κ1) is 15.6. The van der Waals surface area contributed by atoms with Gasteiger partial charge in [0.15, 0.2) is 0 Å². The van der Waals surface area contributed by atoms with E-state index in [2.05, 4.69) is 21.2 Å². The summed E-state index contributed by atoms with van der Waals surface area (Å²) in [4.78, 5) is 0.953. The van der Waals surface area contributed by atoms with Crippen LogP contribution in [-0.4, -0.2) is 6.54 Å². The van der Waals surface area contributed by atoms with Crippen molar-refractivity contribution in [2.24, 2.45) is 0 Å². The lowest BCUT2D eigenvalue weighted by atomic mass is 10.0. The molecule has 1 aromatic heterocycles. The third-order valence-corrected chi connectivity index (χ3v) is 4.83. The highest BCUT2D eigenvalue weighted by atomic mass is 79.9. The zero-order chi connectivity index (χ0) is 14.7. The highest BCUT2D eigenvalue weighted by molar-refractivity contribution is 9.10. The van der Waals surface area contributed by atoms with E-state index < -0.39 is 17.7 Å². The molecule has 2 aromatic rings. The van der Waals surface area contributed by atoms with Gasteiger partial charge in [-0.25, -0.2) is 8.78 Å². The van der Waals surface area contributed by atoms with Gasteiger partial charge in [-0.1, -0.05) is 6.92 Å². The zero-order valence-corrected chi connectivity index (χ0v) is 13.7. The van der Waals surface area contributed by atoms with Crippen LogP contribution in [0.2, 0.25) is 0 Å². The molecule has 0 spiro atoms. The van der Waals surface area contributed by atoms with Gasteiger partial charge in [0.2, 0.25) is 0 Å². The first-order valence-electron chi connectivity index (χ1n) is 6.47. The van der Waals surface area contributed by atoms with Gasteiger partial charge in [0, 0.05) is 10.4 Å². The van der Waals surface area contributed by atoms with Crippen molar-refractivity contribution in [3.05, 3.63) is 55.7 Å². The fraction of sp³-hybridized carbons (Fsp3) is 0.333. The van der Waals surface area contributed by atoms with Crippen molar-refractivity contribution in [2.45, 2.75) is 26.3 Å². The molecule has 0 fully saturated rings. The van der Waals surface area contributed by atoms with E-state index in [0.29, 0.717) is 6.54 Å². The molecule has 2 rings (SSSR count). The van der Waals surface area contributed by atoms with Gasteiger partial charge >= 0.3 is 0 Å². The van der Waals surface area contributed by atoms with E-state index in [1.54, 1.807) is 0 Å². The van der Waals surface area contributed by atoms with Crippen LogP contribution in [0.5, 0.6) is 0 Å². The monoisotopic (exact) mass is 359 g/mol. The molecular weight excluding hydrogens is 344 g/mol. The number of aryl methyl sites for hydroxylation is 1. The molecule has 0 radical (unpaired) electrons. The van der Waals surface area contributed by atoms with Gasteiger partial charge in [-0.3, -0.25) is 0 Å². The normalized spacial score (nSPS) is 12.7. The second-order valence-electron chi connectivity index (χ2n) is 4.61. The molecule has 1 heterocycles. The van der Waals surface area contributed by atoms with Gasteiger partial charge in [-0.15, -0.1) is 11.3 Å². The van der Waals surface area contributed by atoms with Crippen LogP contribution in [0.15, 0.2) is 28.1 Å². The first-order chi connectivity index (χ1) is 9.56. The molecule has 0 saturated carbocycles. The Labute approximate surface area is 130 Å². The number of halogens is 3. The summed E-state index contributed by atoms with van der Waals surface area (Å²) < 4.78 is 28.8. The van der Waals surface area contributed by atoms with Crippen molar-refractivity contribution in [1.82, 2.24) is 5.32 Å². The molecule has 108 valence electrons. The molecule has 0 aliphatic carbocycles. The first-order valence-corrected chi connectivity index (χ1v) is 8.14. The fourth-order valence-electron chi connectivity index (χ4n) is 2.10. The van der Waals surface area contributed by atoms with Gasteiger partial charge in [-0.2, -0.15) is 0 Å². The van der Waals surface area contributed by atoms with Gasteiger partial charge < -0.3 is 5.32 Å². The Morgan fingerprint density at radius 3 is 2.65 bits per heavy atom. The third kappa shape index (κ3) is 3.10. The van der Waals surface area contributed by atoms with Crippen LogP contribution in [-0.2, 0) is 0 Å². The highest BCUT2D eigenvalue weighted by Crippen LogP contribution is 2.34. The SMILES string of the molecule is CCCNC(c1sccc1C)c1c(F)ccc(Br)c1F. The molecule has 0 aliphatic heterocycles. The number of benzene rings is 1. The highest BCUT2D eigenvalue weighted by Gasteiger charge is 2.25. The largest absolute Gasteiger partial charge is 0.305 e. The molecule has 20 heavy (non-hydrogen) atoms. The van der Waals surface area contributed by atoms with Crippen LogP contribution < -0.4 is 5.32 Å². The Bertz CT molecular complexity index is 598. The Balaban J connectivity index is 2.52. The molecule has 1 atom stereocenters. The summed E-state index contributed by atoms with van der Waals surface area (Å²) in [5.41, 5.74) is 1.13. The van der Waals surface area contributed by atoms with Crippen molar-refractivity contribution in [1.29, 1.82) is 0 Å². The lowest BCUT2D eigenvalue weighted by molar-refractivity contribution is 0.502. The molecular formula is C15H16BrF2NS. The van der Waals surface area contributed by atoms with Crippen molar-refractivity contribution in [3.63, 3.8) is 0 Å². The van der Waals surface area contributed by atoms with Crippen LogP contribution in [0.3, 0.4) is 0 Å². The Kier molecular flexibility index (Phi) is 5.29. The molecule has 1 aromatic carbocycles. The van der Waals surface area contributed by atoms with Gasteiger partial charge in [0.25, 0.3) is 0 Å². The van der Waals surface area contributed by atoms with Crippen LogP contribution >= 0.6 is 27.3 Å². The van der Waals surface area contributed by atoms with Crippen LogP contribution in [0.1, 0.15) is 35.4 Å². The average Bonchev–Trinajstić information content (AvgIpc) is 2.84. The van der Waals surface area contributed by atoms with Crippen molar-refractivity contribution < 1.29 is 8.78 Å². The van der Waals surface area contributed by atoms with Gasteiger partial charge in [0.1, 0.15) is 11.6 Å². The smallest absolute Gasteiger partial charge is 0.145 e. The summed E-state index contributed by atoms with van der Waals surface area (Å²) in [6.07, 6.45) is 0.901. The maximum absolute atomic E-state index is 14.3. The summed E-state index contributed by atoms with van der Waals surface area (Å²) in [6.45, 7) is 4.69. The zero-order valence-electron chi connectivity index (χ0n) is 11.3. The number of hydrogen-bond donors (Lipinski definition) is 1. The van der Waals surface area contributed by atoms with E-state index in [1.807, 2.05) is 25.3 Å². The molecule has 1 N–H and O–H groups in total. The summed E-state index contributed by atoms with van der Waals surface area (Å²) in [7, 11) is 0. The third-order valence-electron chi connectivity index (χ3n) is 3.13. The minimum atomic E-state index is -0.536. The Morgan fingerprint density at radius 2 is 2.05 bits per heavy atom.